The van der Waals surface area contributed by atoms with Crippen molar-refractivity contribution in [3.63, 3.8) is 0 Å². The van der Waals surface area contributed by atoms with Crippen LogP contribution in [0.3, 0.4) is 0 Å². The number of nitrogens with one attached hydrogen (secondary N) is 2. The lowest BCUT2D eigenvalue weighted by molar-refractivity contribution is -0.120. The van der Waals surface area contributed by atoms with E-state index in [0.29, 0.717) is 11.8 Å². The fraction of sp³-hybridized carbons (Fsp3) is 0.739. The molecule has 0 radical (unpaired) electrons. The van der Waals surface area contributed by atoms with Gasteiger partial charge in [-0.3, -0.25) is 9.59 Å². The summed E-state index contributed by atoms with van der Waals surface area (Å²) >= 11 is 0. The van der Waals surface area contributed by atoms with Gasteiger partial charge in [0.15, 0.2) is 0 Å². The highest BCUT2D eigenvalue weighted by molar-refractivity contribution is 5.74. The molecule has 0 saturated heterocycles. The SMILES string of the molecule is CC(=O)N[C@H]1CC2C[C@@H](O)C=C[C@]2(C)C2=C1[C@@H]1CC[C@H](NC(C)=O)[C@@]1(C)CC2. The van der Waals surface area contributed by atoms with Gasteiger partial charge in [0.1, 0.15) is 0 Å². The van der Waals surface area contributed by atoms with Crippen molar-refractivity contribution in [3.8, 4) is 0 Å². The Hall–Kier alpha value is -1.62. The van der Waals surface area contributed by atoms with Gasteiger partial charge >= 0.3 is 0 Å². The van der Waals surface area contributed by atoms with Gasteiger partial charge in [0.25, 0.3) is 0 Å². The smallest absolute Gasteiger partial charge is 0.217 e. The minimum atomic E-state index is -0.386. The van der Waals surface area contributed by atoms with Gasteiger partial charge in [0.05, 0.1) is 12.1 Å². The molecule has 2 amide bonds. The van der Waals surface area contributed by atoms with Crippen LogP contribution in [-0.4, -0.2) is 35.1 Å². The molecule has 0 spiro atoms. The molecular formula is C23H34N2O3. The van der Waals surface area contributed by atoms with Crippen LogP contribution < -0.4 is 10.6 Å². The second kappa shape index (κ2) is 6.72. The molecule has 0 aromatic heterocycles. The van der Waals surface area contributed by atoms with Gasteiger partial charge in [-0.2, -0.15) is 0 Å². The molecule has 1 saturated carbocycles. The summed E-state index contributed by atoms with van der Waals surface area (Å²) < 4.78 is 0. The quantitative estimate of drug-likeness (QED) is 0.639. The van der Waals surface area contributed by atoms with E-state index >= 15 is 0 Å². The average molecular weight is 387 g/mol. The van der Waals surface area contributed by atoms with E-state index < -0.39 is 0 Å². The number of rotatable bonds is 2. The van der Waals surface area contributed by atoms with E-state index in [1.165, 1.54) is 11.1 Å². The van der Waals surface area contributed by atoms with E-state index in [0.717, 1.165) is 38.5 Å². The molecule has 3 N–H and O–H groups in total. The first-order valence-electron chi connectivity index (χ1n) is 10.8. The largest absolute Gasteiger partial charge is 0.389 e. The van der Waals surface area contributed by atoms with Crippen molar-refractivity contribution in [2.75, 3.05) is 0 Å². The Labute approximate surface area is 168 Å². The first-order valence-corrected chi connectivity index (χ1v) is 10.8. The molecule has 28 heavy (non-hydrogen) atoms. The van der Waals surface area contributed by atoms with Gasteiger partial charge in [-0.05, 0) is 61.3 Å². The molecule has 0 aliphatic heterocycles. The molecule has 1 fully saturated rings. The fourth-order valence-corrected chi connectivity index (χ4v) is 6.90. The molecule has 4 aliphatic rings. The molecular weight excluding hydrogens is 352 g/mol. The van der Waals surface area contributed by atoms with Crippen LogP contribution in [0.2, 0.25) is 0 Å². The van der Waals surface area contributed by atoms with Gasteiger partial charge in [-0.25, -0.2) is 0 Å². The number of carbonyl (C=O) groups is 2. The minimum Gasteiger partial charge on any atom is -0.389 e. The number of carbonyl (C=O) groups excluding carboxylic acids is 2. The van der Waals surface area contributed by atoms with Gasteiger partial charge < -0.3 is 15.7 Å². The lowest BCUT2D eigenvalue weighted by Gasteiger charge is -2.55. The Morgan fingerprint density at radius 2 is 1.82 bits per heavy atom. The third-order valence-corrected chi connectivity index (χ3v) is 8.31. The van der Waals surface area contributed by atoms with Crippen LogP contribution in [-0.2, 0) is 9.59 Å². The highest BCUT2D eigenvalue weighted by Crippen LogP contribution is 2.62. The highest BCUT2D eigenvalue weighted by Gasteiger charge is 2.57. The normalized spacial score (nSPS) is 44.4. The molecule has 5 heteroatoms. The van der Waals surface area contributed by atoms with Crippen LogP contribution in [0.5, 0.6) is 0 Å². The third-order valence-electron chi connectivity index (χ3n) is 8.31. The number of amides is 2. The van der Waals surface area contributed by atoms with Crippen molar-refractivity contribution in [1.82, 2.24) is 10.6 Å². The van der Waals surface area contributed by atoms with Crippen molar-refractivity contribution in [2.45, 2.75) is 84.4 Å². The zero-order chi connectivity index (χ0) is 20.3. The van der Waals surface area contributed by atoms with Gasteiger partial charge in [0, 0.05) is 25.3 Å². The van der Waals surface area contributed by atoms with Crippen LogP contribution in [0.4, 0.5) is 0 Å². The number of aliphatic hydroxyl groups excluding tert-OH is 1. The summed E-state index contributed by atoms with van der Waals surface area (Å²) in [4.78, 5) is 23.8. The molecule has 0 bridgehead atoms. The number of fused-ring (bicyclic) bond motifs is 4. The van der Waals surface area contributed by atoms with Crippen molar-refractivity contribution < 1.29 is 14.7 Å². The van der Waals surface area contributed by atoms with Crippen LogP contribution in [0.25, 0.3) is 0 Å². The Kier molecular flexibility index (Phi) is 4.72. The van der Waals surface area contributed by atoms with Crippen molar-refractivity contribution in [2.24, 2.45) is 22.7 Å². The second-order valence-electron chi connectivity index (χ2n) is 9.95. The minimum absolute atomic E-state index is 0.0102. The Bertz CT molecular complexity index is 757. The van der Waals surface area contributed by atoms with E-state index in [1.807, 2.05) is 6.08 Å². The maximum absolute atomic E-state index is 12.0. The van der Waals surface area contributed by atoms with E-state index in [2.05, 4.69) is 30.6 Å². The molecule has 1 unspecified atom stereocenters. The summed E-state index contributed by atoms with van der Waals surface area (Å²) in [5.74, 6) is 0.795. The maximum atomic E-state index is 12.0. The first-order chi connectivity index (χ1) is 13.1. The molecule has 4 aliphatic carbocycles. The monoisotopic (exact) mass is 386 g/mol. The molecule has 0 heterocycles. The van der Waals surface area contributed by atoms with E-state index in [4.69, 9.17) is 0 Å². The summed E-state index contributed by atoms with van der Waals surface area (Å²) in [6.45, 7) is 7.85. The zero-order valence-corrected chi connectivity index (χ0v) is 17.5. The second-order valence-corrected chi connectivity index (χ2v) is 9.95. The highest BCUT2D eigenvalue weighted by atomic mass is 16.3. The van der Waals surface area contributed by atoms with Crippen molar-refractivity contribution >= 4 is 11.8 Å². The van der Waals surface area contributed by atoms with Crippen molar-refractivity contribution in [3.05, 3.63) is 23.3 Å². The van der Waals surface area contributed by atoms with Gasteiger partial charge in [0.2, 0.25) is 11.8 Å². The summed E-state index contributed by atoms with van der Waals surface area (Å²) in [5.41, 5.74) is 2.92. The predicted octanol–water partition coefficient (Wildman–Crippen LogP) is 2.85. The topological polar surface area (TPSA) is 78.4 Å². The predicted molar refractivity (Wildman–Crippen MR) is 108 cm³/mol. The molecule has 7 atom stereocenters. The van der Waals surface area contributed by atoms with Crippen LogP contribution in [0, 0.1) is 22.7 Å². The lowest BCUT2D eigenvalue weighted by Crippen LogP contribution is -2.54. The molecule has 0 aromatic rings. The van der Waals surface area contributed by atoms with Crippen molar-refractivity contribution in [1.29, 1.82) is 0 Å². The number of hydrogen-bond donors (Lipinski definition) is 3. The average Bonchev–Trinajstić information content (AvgIpc) is 2.92. The summed E-state index contributed by atoms with van der Waals surface area (Å²) in [5, 5.41) is 16.7. The fourth-order valence-electron chi connectivity index (χ4n) is 6.90. The van der Waals surface area contributed by atoms with Crippen LogP contribution in [0.1, 0.15) is 66.2 Å². The molecule has 4 rings (SSSR count). The zero-order valence-electron chi connectivity index (χ0n) is 17.5. The standard InChI is InChI=1S/C23H34N2O3/c1-13(26)24-19-12-15-11-16(28)7-9-22(15,3)18-8-10-23(4)17(21(18)19)5-6-20(23)25-14(2)27/h7,9,15-17,19-20,28H,5-6,8,10-12H2,1-4H3,(H,24,26)(H,25,27)/t15?,16-,17-,19-,20-,22-,23-/m0/s1. The number of hydrogen-bond acceptors (Lipinski definition) is 3. The number of aliphatic hydroxyl groups is 1. The lowest BCUT2D eigenvalue weighted by atomic mass is 9.52. The Balaban J connectivity index is 1.78. The van der Waals surface area contributed by atoms with E-state index in [1.54, 1.807) is 13.8 Å². The van der Waals surface area contributed by atoms with E-state index in [9.17, 15) is 14.7 Å². The maximum Gasteiger partial charge on any atom is 0.217 e. The summed E-state index contributed by atoms with van der Waals surface area (Å²) in [6, 6.07) is 0.251. The summed E-state index contributed by atoms with van der Waals surface area (Å²) in [7, 11) is 0. The summed E-state index contributed by atoms with van der Waals surface area (Å²) in [6.07, 6.45) is 9.57. The Morgan fingerprint density at radius 3 is 2.50 bits per heavy atom. The van der Waals surface area contributed by atoms with Crippen LogP contribution in [0.15, 0.2) is 23.3 Å². The third kappa shape index (κ3) is 2.94. The van der Waals surface area contributed by atoms with E-state index in [-0.39, 0.29) is 40.8 Å². The molecule has 5 nitrogen and oxygen atoms in total. The van der Waals surface area contributed by atoms with Crippen LogP contribution >= 0.6 is 0 Å². The molecule has 0 aromatic carbocycles. The molecule has 154 valence electrons. The Morgan fingerprint density at radius 1 is 1.11 bits per heavy atom. The number of allylic oxidation sites excluding steroid dienone is 2. The van der Waals surface area contributed by atoms with Gasteiger partial charge in [-0.15, -0.1) is 0 Å². The van der Waals surface area contributed by atoms with Gasteiger partial charge in [-0.1, -0.05) is 31.6 Å². The first kappa shape index (κ1) is 19.7.